The molecule has 2 aromatic rings. The Morgan fingerprint density at radius 1 is 1.23 bits per heavy atom. The molecule has 0 bridgehead atoms. The third kappa shape index (κ3) is 3.56. The minimum atomic E-state index is -0.363. The molecule has 1 aromatic carbocycles. The van der Waals surface area contributed by atoms with Crippen molar-refractivity contribution in [1.82, 2.24) is 4.98 Å². The van der Waals surface area contributed by atoms with Crippen molar-refractivity contribution < 1.29 is 4.74 Å². The lowest BCUT2D eigenvalue weighted by Gasteiger charge is -2.12. The quantitative estimate of drug-likeness (QED) is 0.825. The number of H-pyrrole nitrogens is 1. The molecule has 4 nitrogen and oxygen atoms in total. The molecule has 114 valence electrons. The summed E-state index contributed by atoms with van der Waals surface area (Å²) in [4.78, 5) is 14.6. The molecule has 0 aliphatic heterocycles. The molecular weight excluding hydrogens is 276 g/mol. The van der Waals surface area contributed by atoms with E-state index in [9.17, 15) is 10.1 Å². The van der Waals surface area contributed by atoms with E-state index in [-0.39, 0.29) is 11.1 Å². The predicted octanol–water partition coefficient (Wildman–Crippen LogP) is 3.79. The molecule has 1 N–H and O–H groups in total. The van der Waals surface area contributed by atoms with E-state index in [0.717, 1.165) is 30.5 Å². The highest BCUT2D eigenvalue weighted by Crippen LogP contribution is 2.31. The Morgan fingerprint density at radius 3 is 2.73 bits per heavy atom. The Bertz CT molecular complexity index is 741. The molecule has 0 saturated carbocycles. The standard InChI is InChI=1S/C18H20N2O2/c1-3-4-7-10-22-17-9-6-5-8-14(17)15-11-13(2)20-18(21)16(15)12-19/h5-6,8-9,11H,3-4,7,10H2,1-2H3,(H,20,21). The first kappa shape index (κ1) is 15.8. The second-order valence-corrected chi connectivity index (χ2v) is 5.23. The minimum Gasteiger partial charge on any atom is -0.493 e. The fourth-order valence-corrected chi connectivity index (χ4v) is 2.36. The van der Waals surface area contributed by atoms with Crippen LogP contribution in [0.25, 0.3) is 11.1 Å². The normalized spacial score (nSPS) is 10.2. The zero-order valence-corrected chi connectivity index (χ0v) is 13.0. The van der Waals surface area contributed by atoms with Crippen molar-refractivity contribution in [1.29, 1.82) is 5.26 Å². The molecule has 0 saturated heterocycles. The zero-order chi connectivity index (χ0) is 15.9. The van der Waals surface area contributed by atoms with Crippen molar-refractivity contribution in [2.75, 3.05) is 6.61 Å². The van der Waals surface area contributed by atoms with Gasteiger partial charge in [0.05, 0.1) is 6.61 Å². The maximum Gasteiger partial charge on any atom is 0.266 e. The van der Waals surface area contributed by atoms with Crippen molar-refractivity contribution in [3.05, 3.63) is 51.9 Å². The van der Waals surface area contributed by atoms with Crippen molar-refractivity contribution in [3.63, 3.8) is 0 Å². The van der Waals surface area contributed by atoms with E-state index in [1.54, 1.807) is 6.92 Å². The molecule has 0 atom stereocenters. The largest absolute Gasteiger partial charge is 0.493 e. The molecule has 0 aliphatic carbocycles. The third-order valence-corrected chi connectivity index (χ3v) is 3.46. The van der Waals surface area contributed by atoms with Crippen LogP contribution in [0.3, 0.4) is 0 Å². The fraction of sp³-hybridized carbons (Fsp3) is 0.333. The molecule has 1 aromatic heterocycles. The van der Waals surface area contributed by atoms with Gasteiger partial charge in [0, 0.05) is 16.8 Å². The lowest BCUT2D eigenvalue weighted by molar-refractivity contribution is 0.307. The van der Waals surface area contributed by atoms with E-state index in [0.29, 0.717) is 17.9 Å². The first-order chi connectivity index (χ1) is 10.7. The second-order valence-electron chi connectivity index (χ2n) is 5.23. The van der Waals surface area contributed by atoms with Gasteiger partial charge in [-0.3, -0.25) is 4.79 Å². The van der Waals surface area contributed by atoms with Gasteiger partial charge in [-0.2, -0.15) is 5.26 Å². The van der Waals surface area contributed by atoms with E-state index in [4.69, 9.17) is 4.74 Å². The van der Waals surface area contributed by atoms with Gasteiger partial charge >= 0.3 is 0 Å². The summed E-state index contributed by atoms with van der Waals surface area (Å²) in [6.45, 7) is 4.58. The number of nitrogens with zero attached hydrogens (tertiary/aromatic N) is 1. The zero-order valence-electron chi connectivity index (χ0n) is 13.0. The number of aromatic amines is 1. The summed E-state index contributed by atoms with van der Waals surface area (Å²) >= 11 is 0. The lowest BCUT2D eigenvalue weighted by atomic mass is 10.00. The predicted molar refractivity (Wildman–Crippen MR) is 87.0 cm³/mol. The van der Waals surface area contributed by atoms with Crippen molar-refractivity contribution >= 4 is 0 Å². The summed E-state index contributed by atoms with van der Waals surface area (Å²) in [7, 11) is 0. The van der Waals surface area contributed by atoms with Gasteiger partial charge < -0.3 is 9.72 Å². The van der Waals surface area contributed by atoms with Gasteiger partial charge in [0.25, 0.3) is 5.56 Å². The third-order valence-electron chi connectivity index (χ3n) is 3.46. The average molecular weight is 296 g/mol. The molecule has 2 rings (SSSR count). The lowest BCUT2D eigenvalue weighted by Crippen LogP contribution is -2.13. The van der Waals surface area contributed by atoms with Crippen LogP contribution in [-0.2, 0) is 0 Å². The fourth-order valence-electron chi connectivity index (χ4n) is 2.36. The molecule has 0 aliphatic rings. The van der Waals surface area contributed by atoms with Gasteiger partial charge in [0.2, 0.25) is 0 Å². The molecule has 0 spiro atoms. The summed E-state index contributed by atoms with van der Waals surface area (Å²) in [6.07, 6.45) is 3.25. The highest BCUT2D eigenvalue weighted by atomic mass is 16.5. The van der Waals surface area contributed by atoms with E-state index in [1.807, 2.05) is 36.4 Å². The molecular formula is C18H20N2O2. The number of ether oxygens (including phenoxy) is 1. The number of nitriles is 1. The van der Waals surface area contributed by atoms with E-state index < -0.39 is 0 Å². The van der Waals surface area contributed by atoms with Crippen molar-refractivity contribution in [2.24, 2.45) is 0 Å². The van der Waals surface area contributed by atoms with E-state index >= 15 is 0 Å². The Morgan fingerprint density at radius 2 is 2.00 bits per heavy atom. The van der Waals surface area contributed by atoms with Gasteiger partial charge in [0.15, 0.2) is 0 Å². The van der Waals surface area contributed by atoms with Crippen LogP contribution in [0.15, 0.2) is 35.1 Å². The highest BCUT2D eigenvalue weighted by Gasteiger charge is 2.14. The number of aryl methyl sites for hydroxylation is 1. The van der Waals surface area contributed by atoms with E-state index in [2.05, 4.69) is 11.9 Å². The van der Waals surface area contributed by atoms with Gasteiger partial charge in [-0.15, -0.1) is 0 Å². The van der Waals surface area contributed by atoms with Gasteiger partial charge in [0.1, 0.15) is 17.4 Å². The SMILES string of the molecule is CCCCCOc1ccccc1-c1cc(C)[nH]c(=O)c1C#N. The minimum absolute atomic E-state index is 0.121. The molecule has 1 heterocycles. The van der Waals surface area contributed by atoms with Crippen molar-refractivity contribution in [3.8, 4) is 22.9 Å². The molecule has 22 heavy (non-hydrogen) atoms. The maximum absolute atomic E-state index is 12.0. The molecule has 4 heteroatoms. The number of nitrogens with one attached hydrogen (secondary N) is 1. The number of pyridine rings is 1. The highest BCUT2D eigenvalue weighted by molar-refractivity contribution is 5.75. The average Bonchev–Trinajstić information content (AvgIpc) is 2.51. The van der Waals surface area contributed by atoms with Crippen LogP contribution >= 0.6 is 0 Å². The number of benzene rings is 1. The van der Waals surface area contributed by atoms with Crippen LogP contribution < -0.4 is 10.3 Å². The molecule has 0 unspecified atom stereocenters. The van der Waals surface area contributed by atoms with Gasteiger partial charge in [-0.05, 0) is 25.5 Å². The number of aromatic nitrogens is 1. The van der Waals surface area contributed by atoms with Gasteiger partial charge in [-0.1, -0.05) is 38.0 Å². The van der Waals surface area contributed by atoms with Crippen LogP contribution in [0.2, 0.25) is 0 Å². The Balaban J connectivity index is 2.41. The Hall–Kier alpha value is -2.54. The summed E-state index contributed by atoms with van der Waals surface area (Å²) in [6, 6.07) is 11.3. The topological polar surface area (TPSA) is 65.9 Å². The number of hydrogen-bond acceptors (Lipinski definition) is 3. The van der Waals surface area contributed by atoms with Crippen molar-refractivity contribution in [2.45, 2.75) is 33.1 Å². The molecule has 0 radical (unpaired) electrons. The number of rotatable bonds is 6. The Kier molecular flexibility index (Phi) is 5.37. The van der Waals surface area contributed by atoms with Gasteiger partial charge in [-0.25, -0.2) is 0 Å². The molecule has 0 fully saturated rings. The number of unbranched alkanes of at least 4 members (excludes halogenated alkanes) is 2. The first-order valence-corrected chi connectivity index (χ1v) is 7.53. The van der Waals surface area contributed by atoms with Crippen LogP contribution in [-0.4, -0.2) is 11.6 Å². The summed E-state index contributed by atoms with van der Waals surface area (Å²) in [5, 5.41) is 9.28. The maximum atomic E-state index is 12.0. The van der Waals surface area contributed by atoms with E-state index in [1.165, 1.54) is 0 Å². The van der Waals surface area contributed by atoms with Crippen LogP contribution in [0.5, 0.6) is 5.75 Å². The summed E-state index contributed by atoms with van der Waals surface area (Å²) < 4.78 is 5.85. The number of para-hydroxylation sites is 1. The van der Waals surface area contributed by atoms with Crippen LogP contribution in [0.1, 0.15) is 37.4 Å². The monoisotopic (exact) mass is 296 g/mol. The van der Waals surface area contributed by atoms with Crippen LogP contribution in [0.4, 0.5) is 0 Å². The summed E-state index contributed by atoms with van der Waals surface area (Å²) in [5.74, 6) is 0.708. The smallest absolute Gasteiger partial charge is 0.266 e. The first-order valence-electron chi connectivity index (χ1n) is 7.53. The Labute approximate surface area is 130 Å². The number of hydrogen-bond donors (Lipinski definition) is 1. The molecule has 0 amide bonds. The summed E-state index contributed by atoms with van der Waals surface area (Å²) in [5.41, 5.74) is 1.88. The van der Waals surface area contributed by atoms with Crippen LogP contribution in [0, 0.1) is 18.3 Å². The second kappa shape index (κ2) is 7.46.